The second-order valence-corrected chi connectivity index (χ2v) is 3.99. The van der Waals surface area contributed by atoms with E-state index in [4.69, 9.17) is 0 Å². The normalized spacial score (nSPS) is 15.6. The first kappa shape index (κ1) is 17.2. The van der Waals surface area contributed by atoms with E-state index in [1.54, 1.807) is 0 Å². The molecule has 0 fully saturated rings. The summed E-state index contributed by atoms with van der Waals surface area (Å²) in [7, 11) is 0. The molecule has 0 aliphatic carbocycles. The van der Waals surface area contributed by atoms with Crippen molar-refractivity contribution in [1.29, 1.82) is 0 Å². The number of alkyl halides is 6. The van der Waals surface area contributed by atoms with Crippen molar-refractivity contribution < 1.29 is 35.9 Å². The molecule has 0 aromatic rings. The van der Waals surface area contributed by atoms with Crippen LogP contribution in [0.4, 0.5) is 26.3 Å². The summed E-state index contributed by atoms with van der Waals surface area (Å²) in [4.78, 5) is 10.5. The summed E-state index contributed by atoms with van der Waals surface area (Å²) in [5, 5.41) is 0. The largest absolute Gasteiger partial charge is 0.366 e. The Morgan fingerprint density at radius 2 is 1.61 bits per heavy atom. The minimum absolute atomic E-state index is 0.146. The van der Waals surface area contributed by atoms with E-state index in [0.29, 0.717) is 6.92 Å². The lowest BCUT2D eigenvalue weighted by molar-refractivity contribution is -0.243. The molecule has 0 heterocycles. The van der Waals surface area contributed by atoms with Crippen LogP contribution in [0.1, 0.15) is 27.2 Å². The van der Waals surface area contributed by atoms with E-state index in [0.717, 1.165) is 0 Å². The maximum absolute atomic E-state index is 13.4. The number of hydrogen-bond donors (Lipinski definition) is 0. The number of ether oxygens (including phenoxy) is 1. The van der Waals surface area contributed by atoms with Crippen LogP contribution in [0, 0.1) is 0 Å². The first-order chi connectivity index (χ1) is 7.84. The van der Waals surface area contributed by atoms with Crippen LogP contribution in [-0.4, -0.2) is 36.3 Å². The molecule has 0 N–H and O–H groups in total. The lowest BCUT2D eigenvalue weighted by Gasteiger charge is -2.32. The number of halogens is 6. The highest BCUT2D eigenvalue weighted by molar-refractivity contribution is 5.83. The van der Waals surface area contributed by atoms with Crippen LogP contribution in [0.2, 0.25) is 0 Å². The van der Waals surface area contributed by atoms with E-state index in [2.05, 4.69) is 4.74 Å². The fraction of sp³-hybridized carbons (Fsp3) is 0.900. The molecule has 0 amide bonds. The first-order valence-corrected chi connectivity index (χ1v) is 5.10. The van der Waals surface area contributed by atoms with Crippen molar-refractivity contribution in [2.45, 2.75) is 51.1 Å². The molecule has 0 bridgehead atoms. The molecule has 0 radical (unpaired) electrons. The van der Waals surface area contributed by atoms with Crippen molar-refractivity contribution in [1.82, 2.24) is 0 Å². The summed E-state index contributed by atoms with van der Waals surface area (Å²) in [6.07, 6.45) is -5.30. The number of Topliss-reactive ketones (excluding diaryl/α,β-unsaturated/α-hetero) is 1. The van der Waals surface area contributed by atoms with Gasteiger partial charge in [-0.05, 0) is 6.92 Å². The summed E-state index contributed by atoms with van der Waals surface area (Å²) in [6, 6.07) is 0. The van der Waals surface area contributed by atoms with Gasteiger partial charge in [0.1, 0.15) is 0 Å². The molecular formula is C10H14F6O2. The molecule has 0 rings (SSSR count). The van der Waals surface area contributed by atoms with E-state index in [1.165, 1.54) is 6.92 Å². The summed E-state index contributed by atoms with van der Waals surface area (Å²) in [6.45, 7) is 1.25. The fourth-order valence-electron chi connectivity index (χ4n) is 1.32. The molecule has 2 nitrogen and oxygen atoms in total. The molecule has 0 unspecified atom stereocenters. The standard InChI is InChI=1S/C10H14F6O2/c1-4-18-7(8(3,11)12)10(15,16)5-9(13,14)6(2)17/h7H,4-5H2,1-3H3/t7-/m0/s1. The quantitative estimate of drug-likeness (QED) is 0.669. The second-order valence-electron chi connectivity index (χ2n) is 3.99. The molecule has 8 heteroatoms. The summed E-state index contributed by atoms with van der Waals surface area (Å²) in [5.41, 5.74) is 0. The van der Waals surface area contributed by atoms with Gasteiger partial charge in [0.05, 0.1) is 6.42 Å². The summed E-state index contributed by atoms with van der Waals surface area (Å²) < 4.78 is 82.6. The van der Waals surface area contributed by atoms with E-state index < -0.39 is 42.7 Å². The molecule has 108 valence electrons. The van der Waals surface area contributed by atoms with E-state index in [9.17, 15) is 31.1 Å². The average molecular weight is 280 g/mol. The van der Waals surface area contributed by atoms with Gasteiger partial charge in [0.15, 0.2) is 11.9 Å². The maximum Gasteiger partial charge on any atom is 0.310 e. The van der Waals surface area contributed by atoms with Crippen LogP contribution in [-0.2, 0) is 9.53 Å². The Labute approximate surface area is 100 Å². The van der Waals surface area contributed by atoms with Crippen molar-refractivity contribution in [3.63, 3.8) is 0 Å². The lowest BCUT2D eigenvalue weighted by atomic mass is 9.98. The third-order valence-electron chi connectivity index (χ3n) is 2.15. The number of carbonyl (C=O) groups is 1. The van der Waals surface area contributed by atoms with E-state index in [1.807, 2.05) is 0 Å². The maximum atomic E-state index is 13.4. The Hall–Kier alpha value is -0.790. The van der Waals surface area contributed by atoms with E-state index in [-0.39, 0.29) is 6.92 Å². The van der Waals surface area contributed by atoms with Crippen LogP contribution < -0.4 is 0 Å². The van der Waals surface area contributed by atoms with Crippen LogP contribution in [0.5, 0.6) is 0 Å². The van der Waals surface area contributed by atoms with Crippen molar-refractivity contribution in [3.8, 4) is 0 Å². The molecule has 0 saturated carbocycles. The Balaban J connectivity index is 5.14. The van der Waals surface area contributed by atoms with Gasteiger partial charge in [-0.2, -0.15) is 8.78 Å². The predicted octanol–water partition coefficient (Wildman–Crippen LogP) is 3.30. The van der Waals surface area contributed by atoms with Crippen LogP contribution in [0.3, 0.4) is 0 Å². The molecule has 0 aromatic heterocycles. The van der Waals surface area contributed by atoms with Gasteiger partial charge in [0.25, 0.3) is 11.8 Å². The zero-order valence-corrected chi connectivity index (χ0v) is 10.1. The third-order valence-corrected chi connectivity index (χ3v) is 2.15. The van der Waals surface area contributed by atoms with E-state index >= 15 is 0 Å². The Bertz CT molecular complexity index is 297. The van der Waals surface area contributed by atoms with Gasteiger partial charge in [0.2, 0.25) is 0 Å². The van der Waals surface area contributed by atoms with Crippen molar-refractivity contribution in [3.05, 3.63) is 0 Å². The van der Waals surface area contributed by atoms with Gasteiger partial charge in [-0.1, -0.05) is 0 Å². The average Bonchev–Trinajstić information content (AvgIpc) is 2.09. The highest BCUT2D eigenvalue weighted by atomic mass is 19.3. The number of hydrogen-bond acceptors (Lipinski definition) is 2. The van der Waals surface area contributed by atoms with Gasteiger partial charge in [-0.3, -0.25) is 4.79 Å². The smallest absolute Gasteiger partial charge is 0.310 e. The number of carbonyl (C=O) groups excluding carboxylic acids is 1. The Morgan fingerprint density at radius 1 is 1.17 bits per heavy atom. The van der Waals surface area contributed by atoms with Crippen LogP contribution >= 0.6 is 0 Å². The van der Waals surface area contributed by atoms with Crippen LogP contribution in [0.15, 0.2) is 0 Å². The SMILES string of the molecule is CCO[C@@H](C(C)(F)F)C(F)(F)CC(F)(F)C(C)=O. The summed E-state index contributed by atoms with van der Waals surface area (Å²) in [5.74, 6) is -14.7. The fourth-order valence-corrected chi connectivity index (χ4v) is 1.32. The highest BCUT2D eigenvalue weighted by Gasteiger charge is 2.58. The number of rotatable bonds is 7. The molecule has 0 aliphatic heterocycles. The number of ketones is 1. The minimum Gasteiger partial charge on any atom is -0.366 e. The molecule has 0 aromatic carbocycles. The highest BCUT2D eigenvalue weighted by Crippen LogP contribution is 2.40. The van der Waals surface area contributed by atoms with Gasteiger partial charge < -0.3 is 4.74 Å². The molecular weight excluding hydrogens is 266 g/mol. The Kier molecular flexibility index (Phi) is 5.22. The van der Waals surface area contributed by atoms with Crippen molar-refractivity contribution >= 4 is 5.78 Å². The zero-order chi connectivity index (χ0) is 14.8. The lowest BCUT2D eigenvalue weighted by Crippen LogP contribution is -2.51. The monoisotopic (exact) mass is 280 g/mol. The van der Waals surface area contributed by atoms with Gasteiger partial charge in [-0.15, -0.1) is 0 Å². The third kappa shape index (κ3) is 4.47. The zero-order valence-electron chi connectivity index (χ0n) is 10.1. The Morgan fingerprint density at radius 3 is 1.89 bits per heavy atom. The van der Waals surface area contributed by atoms with Crippen molar-refractivity contribution in [2.24, 2.45) is 0 Å². The van der Waals surface area contributed by atoms with Crippen LogP contribution in [0.25, 0.3) is 0 Å². The first-order valence-electron chi connectivity index (χ1n) is 5.10. The molecule has 0 saturated heterocycles. The predicted molar refractivity (Wildman–Crippen MR) is 51.2 cm³/mol. The summed E-state index contributed by atoms with van der Waals surface area (Å²) >= 11 is 0. The topological polar surface area (TPSA) is 26.3 Å². The minimum atomic E-state index is -4.52. The molecule has 1 atom stereocenters. The second kappa shape index (κ2) is 5.46. The van der Waals surface area contributed by atoms with Gasteiger partial charge in [0, 0.05) is 20.5 Å². The molecule has 0 spiro atoms. The van der Waals surface area contributed by atoms with Gasteiger partial charge >= 0.3 is 5.92 Å². The molecule has 18 heavy (non-hydrogen) atoms. The van der Waals surface area contributed by atoms with Crippen molar-refractivity contribution in [2.75, 3.05) is 6.61 Å². The van der Waals surface area contributed by atoms with Gasteiger partial charge in [-0.25, -0.2) is 17.6 Å². The molecule has 0 aliphatic rings.